The summed E-state index contributed by atoms with van der Waals surface area (Å²) in [4.78, 5) is 0. The van der Waals surface area contributed by atoms with Crippen LogP contribution in [0, 0.1) is 13.8 Å². The highest BCUT2D eigenvalue weighted by atomic mass is 32.2. The van der Waals surface area contributed by atoms with Gasteiger partial charge < -0.3 is 10.6 Å². The smallest absolute Gasteiger partial charge is 0.170 e. The molecule has 1 aromatic carbocycles. The van der Waals surface area contributed by atoms with Crippen molar-refractivity contribution in [2.75, 3.05) is 17.6 Å². The molecule has 19 heavy (non-hydrogen) atoms. The molecular weight excluding hydrogens is 272 g/mol. The Hall–Kier alpha value is -0.740. The fourth-order valence-corrected chi connectivity index (χ4v) is 2.59. The number of rotatable bonds is 4. The first-order valence-corrected chi connectivity index (χ1v) is 7.93. The molecule has 0 bridgehead atoms. The van der Waals surface area contributed by atoms with Crippen LogP contribution in [-0.2, 0) is 0 Å². The van der Waals surface area contributed by atoms with Crippen LogP contribution in [0.4, 0.5) is 5.69 Å². The topological polar surface area (TPSA) is 24.1 Å². The summed E-state index contributed by atoms with van der Waals surface area (Å²) in [5.41, 5.74) is 3.53. The number of thioether (sulfide) groups is 1. The van der Waals surface area contributed by atoms with E-state index >= 15 is 0 Å². The summed E-state index contributed by atoms with van der Waals surface area (Å²) in [6, 6.07) is 6.33. The van der Waals surface area contributed by atoms with Crippen LogP contribution >= 0.6 is 24.0 Å². The maximum absolute atomic E-state index is 5.31. The Balaban J connectivity index is 2.37. The van der Waals surface area contributed by atoms with Crippen molar-refractivity contribution in [3.8, 4) is 0 Å². The molecule has 106 valence electrons. The molecule has 4 heteroatoms. The second-order valence-corrected chi connectivity index (χ2v) is 7.99. The van der Waals surface area contributed by atoms with E-state index in [0.717, 1.165) is 18.0 Å². The van der Waals surface area contributed by atoms with Gasteiger partial charge >= 0.3 is 0 Å². The predicted molar refractivity (Wildman–Crippen MR) is 92.4 cm³/mol. The van der Waals surface area contributed by atoms with Crippen LogP contribution in [-0.4, -0.2) is 22.2 Å². The van der Waals surface area contributed by atoms with Crippen LogP contribution in [0.5, 0.6) is 0 Å². The van der Waals surface area contributed by atoms with Gasteiger partial charge in [0, 0.05) is 22.7 Å². The number of nitrogens with one attached hydrogen (secondary N) is 2. The van der Waals surface area contributed by atoms with E-state index < -0.39 is 0 Å². The van der Waals surface area contributed by atoms with Crippen LogP contribution in [0.25, 0.3) is 0 Å². The SMILES string of the molecule is Cc1ccc(C)c(NC(=S)NCCSC(C)(C)C)c1. The molecule has 0 heterocycles. The molecule has 0 aromatic heterocycles. The van der Waals surface area contributed by atoms with Gasteiger partial charge in [-0.3, -0.25) is 0 Å². The zero-order valence-corrected chi connectivity index (χ0v) is 14.1. The molecule has 0 unspecified atom stereocenters. The lowest BCUT2D eigenvalue weighted by Crippen LogP contribution is -2.31. The van der Waals surface area contributed by atoms with Crippen LogP contribution < -0.4 is 10.6 Å². The number of hydrogen-bond donors (Lipinski definition) is 2. The van der Waals surface area contributed by atoms with Crippen molar-refractivity contribution in [1.82, 2.24) is 5.32 Å². The molecule has 0 radical (unpaired) electrons. The van der Waals surface area contributed by atoms with Gasteiger partial charge in [0.1, 0.15) is 0 Å². The van der Waals surface area contributed by atoms with E-state index in [-0.39, 0.29) is 0 Å². The van der Waals surface area contributed by atoms with Crippen molar-refractivity contribution in [2.24, 2.45) is 0 Å². The van der Waals surface area contributed by atoms with E-state index in [1.165, 1.54) is 11.1 Å². The van der Waals surface area contributed by atoms with Crippen LogP contribution in [0.3, 0.4) is 0 Å². The Morgan fingerprint density at radius 3 is 2.58 bits per heavy atom. The molecule has 0 atom stereocenters. The minimum absolute atomic E-state index is 0.309. The summed E-state index contributed by atoms with van der Waals surface area (Å²) < 4.78 is 0.309. The highest BCUT2D eigenvalue weighted by molar-refractivity contribution is 8.00. The molecular formula is C15H24N2S2. The fourth-order valence-electron chi connectivity index (χ4n) is 1.56. The summed E-state index contributed by atoms with van der Waals surface area (Å²) in [5, 5.41) is 7.21. The number of anilines is 1. The van der Waals surface area contributed by atoms with Gasteiger partial charge in [0.05, 0.1) is 0 Å². The quantitative estimate of drug-likeness (QED) is 0.644. The summed E-state index contributed by atoms with van der Waals surface area (Å²) in [5.74, 6) is 1.05. The van der Waals surface area contributed by atoms with Gasteiger partial charge in [-0.15, -0.1) is 0 Å². The average Bonchev–Trinajstić information content (AvgIpc) is 2.28. The maximum Gasteiger partial charge on any atom is 0.170 e. The standard InChI is InChI=1S/C15H24N2S2/c1-11-6-7-12(2)13(10-11)17-14(18)16-8-9-19-15(3,4)5/h6-7,10H,8-9H2,1-5H3,(H2,16,17,18). The van der Waals surface area contributed by atoms with Crippen molar-refractivity contribution in [3.63, 3.8) is 0 Å². The van der Waals surface area contributed by atoms with Gasteiger partial charge in [-0.1, -0.05) is 32.9 Å². The van der Waals surface area contributed by atoms with Crippen LogP contribution in [0.1, 0.15) is 31.9 Å². The van der Waals surface area contributed by atoms with E-state index in [9.17, 15) is 0 Å². The predicted octanol–water partition coefficient (Wildman–Crippen LogP) is 4.12. The zero-order valence-electron chi connectivity index (χ0n) is 12.5. The number of benzene rings is 1. The van der Waals surface area contributed by atoms with E-state index in [1.807, 2.05) is 11.8 Å². The molecule has 0 saturated heterocycles. The minimum Gasteiger partial charge on any atom is -0.362 e. The second-order valence-electron chi connectivity index (χ2n) is 5.66. The molecule has 2 nitrogen and oxygen atoms in total. The van der Waals surface area contributed by atoms with Gasteiger partial charge in [-0.05, 0) is 43.3 Å². The summed E-state index contributed by atoms with van der Waals surface area (Å²) in [6.07, 6.45) is 0. The molecule has 0 amide bonds. The molecule has 0 spiro atoms. The van der Waals surface area contributed by atoms with E-state index in [2.05, 4.69) is 63.5 Å². The number of thiocarbonyl (C=S) groups is 1. The van der Waals surface area contributed by atoms with E-state index in [1.54, 1.807) is 0 Å². The normalized spacial score (nSPS) is 11.2. The molecule has 1 rings (SSSR count). The Kier molecular flexibility index (Phi) is 6.14. The van der Waals surface area contributed by atoms with Crippen molar-refractivity contribution in [2.45, 2.75) is 39.4 Å². The zero-order chi connectivity index (χ0) is 14.5. The monoisotopic (exact) mass is 296 g/mol. The Labute approximate surface area is 126 Å². The van der Waals surface area contributed by atoms with Gasteiger partial charge in [0.15, 0.2) is 5.11 Å². The molecule has 1 aromatic rings. The Morgan fingerprint density at radius 2 is 1.95 bits per heavy atom. The lowest BCUT2D eigenvalue weighted by molar-refractivity contribution is 0.800. The molecule has 0 aliphatic rings. The van der Waals surface area contributed by atoms with Gasteiger partial charge in [0.25, 0.3) is 0 Å². The molecule has 2 N–H and O–H groups in total. The fraction of sp³-hybridized carbons (Fsp3) is 0.533. The largest absolute Gasteiger partial charge is 0.362 e. The lowest BCUT2D eigenvalue weighted by atomic mass is 10.1. The van der Waals surface area contributed by atoms with Gasteiger partial charge in [0.2, 0.25) is 0 Å². The average molecular weight is 297 g/mol. The first-order valence-electron chi connectivity index (χ1n) is 6.54. The number of hydrogen-bond acceptors (Lipinski definition) is 2. The van der Waals surface area contributed by atoms with Crippen LogP contribution in [0.15, 0.2) is 18.2 Å². The van der Waals surface area contributed by atoms with Crippen molar-refractivity contribution >= 4 is 34.8 Å². The summed E-state index contributed by atoms with van der Waals surface area (Å²) in [6.45, 7) is 11.7. The molecule has 0 saturated carbocycles. The third-order valence-corrected chi connectivity index (χ3v) is 4.08. The molecule has 0 aliphatic heterocycles. The third-order valence-electron chi connectivity index (χ3n) is 2.56. The van der Waals surface area contributed by atoms with Crippen molar-refractivity contribution < 1.29 is 0 Å². The lowest BCUT2D eigenvalue weighted by Gasteiger charge is -2.18. The first-order chi connectivity index (χ1) is 8.78. The molecule has 0 aliphatic carbocycles. The van der Waals surface area contributed by atoms with Crippen LogP contribution in [0.2, 0.25) is 0 Å². The minimum atomic E-state index is 0.309. The van der Waals surface area contributed by atoms with E-state index in [4.69, 9.17) is 12.2 Å². The van der Waals surface area contributed by atoms with Crippen molar-refractivity contribution in [3.05, 3.63) is 29.3 Å². The highest BCUT2D eigenvalue weighted by Gasteiger charge is 2.09. The van der Waals surface area contributed by atoms with Gasteiger partial charge in [-0.2, -0.15) is 11.8 Å². The Morgan fingerprint density at radius 1 is 1.26 bits per heavy atom. The third kappa shape index (κ3) is 6.83. The molecule has 0 fully saturated rings. The maximum atomic E-state index is 5.31. The summed E-state index contributed by atoms with van der Waals surface area (Å²) in [7, 11) is 0. The number of aryl methyl sites for hydroxylation is 2. The van der Waals surface area contributed by atoms with Crippen molar-refractivity contribution in [1.29, 1.82) is 0 Å². The second kappa shape index (κ2) is 7.15. The first kappa shape index (κ1) is 16.3. The van der Waals surface area contributed by atoms with E-state index in [0.29, 0.717) is 9.86 Å². The Bertz CT molecular complexity index is 436. The highest BCUT2D eigenvalue weighted by Crippen LogP contribution is 2.22. The van der Waals surface area contributed by atoms with Gasteiger partial charge in [-0.25, -0.2) is 0 Å². The summed E-state index contributed by atoms with van der Waals surface area (Å²) >= 11 is 7.25.